The first kappa shape index (κ1) is 17.2. The number of hydrogen-bond acceptors (Lipinski definition) is 4. The molecule has 3 rings (SSSR count). The third-order valence-electron chi connectivity index (χ3n) is 4.27. The highest BCUT2D eigenvalue weighted by atomic mass is 19.1. The van der Waals surface area contributed by atoms with E-state index in [1.54, 1.807) is 23.4 Å². The second-order valence-corrected chi connectivity index (χ2v) is 6.30. The molecule has 1 aliphatic rings. The van der Waals surface area contributed by atoms with Gasteiger partial charge in [-0.1, -0.05) is 6.92 Å². The van der Waals surface area contributed by atoms with E-state index in [2.05, 4.69) is 22.3 Å². The molecule has 7 nitrogen and oxygen atoms in total. The molecule has 1 N–H and O–H groups in total. The van der Waals surface area contributed by atoms with Gasteiger partial charge in [0.15, 0.2) is 11.6 Å². The molecule has 1 aliphatic heterocycles. The number of nitrogens with zero attached hydrogens (tertiary/aromatic N) is 5. The number of anilines is 1. The standard InChI is InChI=1S/C17H23FN6O/c1-14(13-24-7-3-6-21-24)12-20-17(25)23-10-8-22(9-11-23)16-15(18)4-2-5-19-16/h2-7,14H,8-13H2,1H3,(H,20,25)/t14-/m0/s1. The molecule has 134 valence electrons. The van der Waals surface area contributed by atoms with Crippen LogP contribution in [0.2, 0.25) is 0 Å². The van der Waals surface area contributed by atoms with E-state index >= 15 is 0 Å². The monoisotopic (exact) mass is 346 g/mol. The van der Waals surface area contributed by atoms with Gasteiger partial charge in [-0.25, -0.2) is 14.2 Å². The van der Waals surface area contributed by atoms with Gasteiger partial charge in [0.25, 0.3) is 0 Å². The van der Waals surface area contributed by atoms with Crippen LogP contribution in [-0.4, -0.2) is 58.4 Å². The van der Waals surface area contributed by atoms with Crippen molar-refractivity contribution in [3.8, 4) is 0 Å². The number of rotatable bonds is 5. The summed E-state index contributed by atoms with van der Waals surface area (Å²) in [5.74, 6) is 0.316. The molecule has 1 saturated heterocycles. The maximum Gasteiger partial charge on any atom is 0.317 e. The maximum atomic E-state index is 13.8. The number of carbonyl (C=O) groups is 1. The molecule has 2 aromatic heterocycles. The summed E-state index contributed by atoms with van der Waals surface area (Å²) in [4.78, 5) is 20.0. The van der Waals surface area contributed by atoms with E-state index in [-0.39, 0.29) is 17.8 Å². The summed E-state index contributed by atoms with van der Waals surface area (Å²) in [6, 6.07) is 4.79. The molecule has 1 fully saturated rings. The Balaban J connectivity index is 1.43. The van der Waals surface area contributed by atoms with Crippen LogP contribution in [0.4, 0.5) is 15.0 Å². The van der Waals surface area contributed by atoms with Gasteiger partial charge in [0.05, 0.1) is 0 Å². The topological polar surface area (TPSA) is 66.3 Å². The summed E-state index contributed by atoms with van der Waals surface area (Å²) in [7, 11) is 0. The highest BCUT2D eigenvalue weighted by molar-refractivity contribution is 5.74. The number of piperazine rings is 1. The average Bonchev–Trinajstić information content (AvgIpc) is 3.13. The van der Waals surface area contributed by atoms with Gasteiger partial charge in [0.1, 0.15) is 0 Å². The lowest BCUT2D eigenvalue weighted by molar-refractivity contribution is 0.192. The summed E-state index contributed by atoms with van der Waals surface area (Å²) in [6.07, 6.45) is 5.24. The lowest BCUT2D eigenvalue weighted by Crippen LogP contribution is -2.52. The fourth-order valence-electron chi connectivity index (χ4n) is 2.90. The highest BCUT2D eigenvalue weighted by Gasteiger charge is 2.23. The van der Waals surface area contributed by atoms with Crippen molar-refractivity contribution >= 4 is 11.8 Å². The Morgan fingerprint density at radius 2 is 2.08 bits per heavy atom. The van der Waals surface area contributed by atoms with Gasteiger partial charge < -0.3 is 15.1 Å². The molecule has 0 aliphatic carbocycles. The molecule has 0 unspecified atom stereocenters. The van der Waals surface area contributed by atoms with E-state index < -0.39 is 0 Å². The highest BCUT2D eigenvalue weighted by Crippen LogP contribution is 2.17. The van der Waals surface area contributed by atoms with Gasteiger partial charge in [-0.2, -0.15) is 5.10 Å². The number of amides is 2. The smallest absolute Gasteiger partial charge is 0.317 e. The van der Waals surface area contributed by atoms with E-state index in [0.717, 1.165) is 6.54 Å². The second-order valence-electron chi connectivity index (χ2n) is 6.30. The molecule has 1 atom stereocenters. The van der Waals surface area contributed by atoms with Crippen LogP contribution >= 0.6 is 0 Å². The summed E-state index contributed by atoms with van der Waals surface area (Å²) in [5, 5.41) is 7.14. The number of pyridine rings is 1. The normalized spacial score (nSPS) is 15.9. The number of urea groups is 1. The minimum Gasteiger partial charge on any atom is -0.351 e. The fourth-order valence-corrected chi connectivity index (χ4v) is 2.90. The van der Waals surface area contributed by atoms with E-state index in [4.69, 9.17) is 0 Å². The van der Waals surface area contributed by atoms with Crippen molar-refractivity contribution in [2.24, 2.45) is 5.92 Å². The third kappa shape index (κ3) is 4.46. The van der Waals surface area contributed by atoms with Crippen molar-refractivity contribution in [2.75, 3.05) is 37.6 Å². The summed E-state index contributed by atoms with van der Waals surface area (Å²) >= 11 is 0. The Morgan fingerprint density at radius 1 is 1.28 bits per heavy atom. The van der Waals surface area contributed by atoms with Gasteiger partial charge in [-0.15, -0.1) is 0 Å². The molecule has 2 amide bonds. The molecule has 0 saturated carbocycles. The van der Waals surface area contributed by atoms with Crippen LogP contribution in [0.25, 0.3) is 0 Å². The number of nitrogens with one attached hydrogen (secondary N) is 1. The lowest BCUT2D eigenvalue weighted by atomic mass is 10.2. The largest absolute Gasteiger partial charge is 0.351 e. The molecular formula is C17H23FN6O. The number of hydrogen-bond donors (Lipinski definition) is 1. The fraction of sp³-hybridized carbons (Fsp3) is 0.471. The Kier molecular flexibility index (Phi) is 5.47. The molecule has 0 spiro atoms. The molecule has 2 aromatic rings. The van der Waals surface area contributed by atoms with E-state index in [0.29, 0.717) is 38.5 Å². The van der Waals surface area contributed by atoms with Crippen LogP contribution in [0.15, 0.2) is 36.8 Å². The predicted octanol–water partition coefficient (Wildman–Crippen LogP) is 1.59. The van der Waals surface area contributed by atoms with E-state index in [9.17, 15) is 9.18 Å². The Bertz CT molecular complexity index is 684. The molecule has 3 heterocycles. The minimum atomic E-state index is -0.326. The summed E-state index contributed by atoms with van der Waals surface area (Å²) in [6.45, 7) is 5.68. The Labute approximate surface area is 146 Å². The SMILES string of the molecule is C[C@@H](CNC(=O)N1CCN(c2ncccc2F)CC1)Cn1cccn1. The van der Waals surface area contributed by atoms with Crippen molar-refractivity contribution < 1.29 is 9.18 Å². The van der Waals surface area contributed by atoms with Crippen LogP contribution in [0, 0.1) is 11.7 Å². The molecule has 0 bridgehead atoms. The first-order chi connectivity index (χ1) is 12.1. The van der Waals surface area contributed by atoms with Gasteiger partial charge >= 0.3 is 6.03 Å². The van der Waals surface area contributed by atoms with Crippen LogP contribution in [0.5, 0.6) is 0 Å². The van der Waals surface area contributed by atoms with Crippen molar-refractivity contribution in [1.29, 1.82) is 0 Å². The zero-order valence-corrected chi connectivity index (χ0v) is 14.3. The maximum absolute atomic E-state index is 13.8. The van der Waals surface area contributed by atoms with Gasteiger partial charge in [0, 0.05) is 57.9 Å². The minimum absolute atomic E-state index is 0.0755. The van der Waals surface area contributed by atoms with Crippen LogP contribution < -0.4 is 10.2 Å². The van der Waals surface area contributed by atoms with Crippen LogP contribution in [0.3, 0.4) is 0 Å². The predicted molar refractivity (Wildman–Crippen MR) is 92.8 cm³/mol. The first-order valence-corrected chi connectivity index (χ1v) is 8.49. The van der Waals surface area contributed by atoms with Crippen LogP contribution in [-0.2, 0) is 6.54 Å². The zero-order chi connectivity index (χ0) is 17.6. The van der Waals surface area contributed by atoms with E-state index in [1.807, 2.05) is 21.8 Å². The van der Waals surface area contributed by atoms with Crippen molar-refractivity contribution in [3.05, 3.63) is 42.6 Å². The van der Waals surface area contributed by atoms with E-state index in [1.165, 1.54) is 6.07 Å². The Hall–Kier alpha value is -2.64. The summed E-state index contributed by atoms with van der Waals surface area (Å²) in [5.41, 5.74) is 0. The number of carbonyl (C=O) groups excluding carboxylic acids is 1. The van der Waals surface area contributed by atoms with Gasteiger partial charge in [-0.3, -0.25) is 4.68 Å². The van der Waals surface area contributed by atoms with Gasteiger partial charge in [0.2, 0.25) is 0 Å². The Morgan fingerprint density at radius 3 is 2.76 bits per heavy atom. The molecule has 8 heteroatoms. The second kappa shape index (κ2) is 7.96. The lowest BCUT2D eigenvalue weighted by Gasteiger charge is -2.35. The van der Waals surface area contributed by atoms with Crippen molar-refractivity contribution in [2.45, 2.75) is 13.5 Å². The quantitative estimate of drug-likeness (QED) is 0.893. The molecule has 0 aromatic carbocycles. The molecular weight excluding hydrogens is 323 g/mol. The molecule has 0 radical (unpaired) electrons. The third-order valence-corrected chi connectivity index (χ3v) is 4.27. The molecule has 25 heavy (non-hydrogen) atoms. The first-order valence-electron chi connectivity index (χ1n) is 8.49. The van der Waals surface area contributed by atoms with Crippen LogP contribution in [0.1, 0.15) is 6.92 Å². The van der Waals surface area contributed by atoms with Crippen molar-refractivity contribution in [3.63, 3.8) is 0 Å². The zero-order valence-electron chi connectivity index (χ0n) is 14.3. The number of halogens is 1. The van der Waals surface area contributed by atoms with Crippen molar-refractivity contribution in [1.82, 2.24) is 25.0 Å². The number of aromatic nitrogens is 3. The van der Waals surface area contributed by atoms with Gasteiger partial charge in [-0.05, 0) is 24.1 Å². The summed E-state index contributed by atoms with van der Waals surface area (Å²) < 4.78 is 15.6. The average molecular weight is 346 g/mol.